The molecule has 16 heavy (non-hydrogen) atoms. The maximum atomic E-state index is 5.69. The third-order valence-electron chi connectivity index (χ3n) is 2.53. The third-order valence-corrected chi connectivity index (χ3v) is 2.53. The van der Waals surface area contributed by atoms with Crippen molar-refractivity contribution in [2.24, 2.45) is 5.73 Å². The smallest absolute Gasteiger partial charge is 0.0184 e. The van der Waals surface area contributed by atoms with Crippen LogP contribution in [-0.2, 0) is 6.54 Å². The van der Waals surface area contributed by atoms with Crippen LogP contribution < -0.4 is 5.73 Å². The zero-order chi connectivity index (χ0) is 11.2. The topological polar surface area (TPSA) is 26.0 Å². The summed E-state index contributed by atoms with van der Waals surface area (Å²) in [5.41, 5.74) is 9.25. The van der Waals surface area contributed by atoms with Gasteiger partial charge < -0.3 is 5.73 Å². The lowest BCUT2D eigenvalue weighted by Crippen LogP contribution is -1.97. The summed E-state index contributed by atoms with van der Waals surface area (Å²) in [6.45, 7) is 0.579. The summed E-state index contributed by atoms with van der Waals surface area (Å²) in [5, 5.41) is 0. The van der Waals surface area contributed by atoms with Crippen LogP contribution in [0.5, 0.6) is 0 Å². The van der Waals surface area contributed by atoms with Crippen molar-refractivity contribution < 1.29 is 0 Å². The van der Waals surface area contributed by atoms with Crippen molar-refractivity contribution in [2.75, 3.05) is 0 Å². The zero-order valence-electron chi connectivity index (χ0n) is 9.14. The summed E-state index contributed by atoms with van der Waals surface area (Å²) >= 11 is 0. The van der Waals surface area contributed by atoms with Crippen LogP contribution >= 0.6 is 0 Å². The number of hydrogen-bond acceptors (Lipinski definition) is 1. The van der Waals surface area contributed by atoms with Gasteiger partial charge in [-0.05, 0) is 16.7 Å². The fourth-order valence-corrected chi connectivity index (χ4v) is 1.63. The molecular weight excluding hydrogens is 194 g/mol. The lowest BCUT2D eigenvalue weighted by atomic mass is 10.1. The van der Waals surface area contributed by atoms with Crippen molar-refractivity contribution in [3.8, 4) is 0 Å². The zero-order valence-corrected chi connectivity index (χ0v) is 9.14. The van der Waals surface area contributed by atoms with Gasteiger partial charge in [-0.3, -0.25) is 0 Å². The minimum Gasteiger partial charge on any atom is -0.326 e. The lowest BCUT2D eigenvalue weighted by molar-refractivity contribution is 1.07. The molecule has 80 valence electrons. The second-order valence-corrected chi connectivity index (χ2v) is 3.65. The molecule has 0 spiro atoms. The summed E-state index contributed by atoms with van der Waals surface area (Å²) in [6, 6.07) is 18.5. The van der Waals surface area contributed by atoms with Crippen molar-refractivity contribution in [1.82, 2.24) is 0 Å². The number of hydrogen-bond donors (Lipinski definition) is 1. The van der Waals surface area contributed by atoms with E-state index < -0.39 is 0 Å². The fourth-order valence-electron chi connectivity index (χ4n) is 1.63. The normalized spacial score (nSPS) is 10.8. The summed E-state index contributed by atoms with van der Waals surface area (Å²) < 4.78 is 0. The fraction of sp³-hybridized carbons (Fsp3) is 0.0667. The minimum atomic E-state index is 0.579. The van der Waals surface area contributed by atoms with Gasteiger partial charge in [0, 0.05) is 6.54 Å². The van der Waals surface area contributed by atoms with Crippen LogP contribution in [0.4, 0.5) is 0 Å². The van der Waals surface area contributed by atoms with Gasteiger partial charge in [-0.1, -0.05) is 66.7 Å². The van der Waals surface area contributed by atoms with Gasteiger partial charge in [0.25, 0.3) is 0 Å². The van der Waals surface area contributed by atoms with Crippen LogP contribution in [0.15, 0.2) is 54.6 Å². The molecular formula is C15H15N. The second-order valence-electron chi connectivity index (χ2n) is 3.65. The van der Waals surface area contributed by atoms with E-state index in [-0.39, 0.29) is 0 Å². The summed E-state index contributed by atoms with van der Waals surface area (Å²) in [7, 11) is 0. The quantitative estimate of drug-likeness (QED) is 0.771. The highest BCUT2D eigenvalue weighted by molar-refractivity contribution is 5.71. The molecule has 0 aliphatic rings. The molecule has 0 aliphatic heterocycles. The van der Waals surface area contributed by atoms with E-state index in [4.69, 9.17) is 5.73 Å². The molecule has 2 rings (SSSR count). The van der Waals surface area contributed by atoms with Gasteiger partial charge in [0.1, 0.15) is 0 Å². The molecule has 0 fully saturated rings. The van der Waals surface area contributed by atoms with E-state index in [9.17, 15) is 0 Å². The Kier molecular flexibility index (Phi) is 3.52. The Morgan fingerprint density at radius 2 is 1.50 bits per heavy atom. The lowest BCUT2D eigenvalue weighted by Gasteiger charge is -2.01. The Hall–Kier alpha value is -1.86. The molecule has 0 amide bonds. The van der Waals surface area contributed by atoms with Gasteiger partial charge in [0.15, 0.2) is 0 Å². The first-order valence-electron chi connectivity index (χ1n) is 5.41. The third kappa shape index (κ3) is 2.59. The van der Waals surface area contributed by atoms with E-state index in [0.29, 0.717) is 6.54 Å². The van der Waals surface area contributed by atoms with Gasteiger partial charge in [0.05, 0.1) is 0 Å². The molecule has 0 bridgehead atoms. The summed E-state index contributed by atoms with van der Waals surface area (Å²) in [6.07, 6.45) is 4.21. The van der Waals surface area contributed by atoms with Gasteiger partial charge in [0.2, 0.25) is 0 Å². The van der Waals surface area contributed by atoms with Crippen LogP contribution in [0.25, 0.3) is 12.2 Å². The van der Waals surface area contributed by atoms with Crippen molar-refractivity contribution in [3.63, 3.8) is 0 Å². The largest absolute Gasteiger partial charge is 0.326 e. The molecule has 0 saturated heterocycles. The van der Waals surface area contributed by atoms with Gasteiger partial charge in [-0.25, -0.2) is 0 Å². The number of rotatable bonds is 3. The second kappa shape index (κ2) is 5.29. The highest BCUT2D eigenvalue weighted by Gasteiger charge is 1.94. The van der Waals surface area contributed by atoms with E-state index in [1.165, 1.54) is 16.7 Å². The molecule has 1 heteroatoms. The van der Waals surface area contributed by atoms with Crippen LogP contribution in [0, 0.1) is 0 Å². The van der Waals surface area contributed by atoms with Gasteiger partial charge >= 0.3 is 0 Å². The highest BCUT2D eigenvalue weighted by Crippen LogP contribution is 2.12. The Morgan fingerprint density at radius 3 is 2.25 bits per heavy atom. The van der Waals surface area contributed by atoms with Crippen molar-refractivity contribution >= 4 is 12.2 Å². The molecule has 0 heterocycles. The molecule has 0 aromatic heterocycles. The molecule has 1 nitrogen and oxygen atoms in total. The van der Waals surface area contributed by atoms with Gasteiger partial charge in [-0.15, -0.1) is 0 Å². The van der Waals surface area contributed by atoms with E-state index in [1.807, 2.05) is 30.3 Å². The van der Waals surface area contributed by atoms with Crippen LogP contribution in [0.3, 0.4) is 0 Å². The van der Waals surface area contributed by atoms with E-state index >= 15 is 0 Å². The summed E-state index contributed by atoms with van der Waals surface area (Å²) in [4.78, 5) is 0. The molecule has 2 aromatic rings. The Bertz CT molecular complexity index is 472. The molecule has 0 saturated carbocycles. The average molecular weight is 209 g/mol. The minimum absolute atomic E-state index is 0.579. The standard InChI is InChI=1S/C15H15N/c16-12-15-9-5-4-8-14(15)11-10-13-6-2-1-3-7-13/h1-11H,12,16H2/b11-10-. The molecule has 0 unspecified atom stereocenters. The average Bonchev–Trinajstić information content (AvgIpc) is 2.38. The van der Waals surface area contributed by atoms with Crippen molar-refractivity contribution in [3.05, 3.63) is 71.3 Å². The monoisotopic (exact) mass is 209 g/mol. The molecule has 2 aromatic carbocycles. The molecule has 0 aliphatic carbocycles. The highest BCUT2D eigenvalue weighted by atomic mass is 14.5. The Balaban J connectivity index is 2.24. The molecule has 0 atom stereocenters. The van der Waals surface area contributed by atoms with Crippen LogP contribution in [-0.4, -0.2) is 0 Å². The first-order valence-corrected chi connectivity index (χ1v) is 5.41. The SMILES string of the molecule is NCc1ccccc1/C=C\c1ccccc1. The van der Waals surface area contributed by atoms with Gasteiger partial charge in [-0.2, -0.15) is 0 Å². The first kappa shape index (κ1) is 10.7. The maximum absolute atomic E-state index is 5.69. The van der Waals surface area contributed by atoms with Crippen molar-refractivity contribution in [1.29, 1.82) is 0 Å². The first-order chi connectivity index (χ1) is 7.90. The number of nitrogens with two attached hydrogens (primary N) is 1. The molecule has 0 radical (unpaired) electrons. The summed E-state index contributed by atoms with van der Waals surface area (Å²) in [5.74, 6) is 0. The van der Waals surface area contributed by atoms with Crippen LogP contribution in [0.1, 0.15) is 16.7 Å². The predicted octanol–water partition coefficient (Wildman–Crippen LogP) is 3.32. The predicted molar refractivity (Wildman–Crippen MR) is 69.7 cm³/mol. The van der Waals surface area contributed by atoms with Crippen molar-refractivity contribution in [2.45, 2.75) is 6.54 Å². The van der Waals surface area contributed by atoms with E-state index in [1.54, 1.807) is 0 Å². The van der Waals surface area contributed by atoms with E-state index in [0.717, 1.165) is 0 Å². The van der Waals surface area contributed by atoms with Crippen LogP contribution in [0.2, 0.25) is 0 Å². The maximum Gasteiger partial charge on any atom is 0.0184 e. The van der Waals surface area contributed by atoms with E-state index in [2.05, 4.69) is 36.4 Å². The Morgan fingerprint density at radius 1 is 0.812 bits per heavy atom. The molecule has 2 N–H and O–H groups in total. The number of benzene rings is 2. The Labute approximate surface area is 96.2 Å².